The molecule has 0 unspecified atom stereocenters. The van der Waals surface area contributed by atoms with E-state index in [1.807, 2.05) is 13.8 Å². The maximum atomic E-state index is 5.90. The highest BCUT2D eigenvalue weighted by molar-refractivity contribution is 6.32. The molecule has 0 bridgehead atoms. The number of aromatic nitrogens is 2. The van der Waals surface area contributed by atoms with Gasteiger partial charge in [0.1, 0.15) is 5.02 Å². The first kappa shape index (κ1) is 11.6. The lowest BCUT2D eigenvalue weighted by molar-refractivity contribution is 0.380. The van der Waals surface area contributed by atoms with E-state index in [2.05, 4.69) is 21.2 Å². The molecule has 0 atom stereocenters. The van der Waals surface area contributed by atoms with Crippen LogP contribution in [0.2, 0.25) is 5.02 Å². The Bertz CT molecular complexity index is 398. The van der Waals surface area contributed by atoms with Crippen molar-refractivity contribution in [1.82, 2.24) is 9.97 Å². The summed E-state index contributed by atoms with van der Waals surface area (Å²) in [5.74, 6) is 3.05. The Morgan fingerprint density at radius 1 is 1.60 bits per heavy atom. The van der Waals surface area contributed by atoms with Crippen molar-refractivity contribution in [2.75, 3.05) is 12.4 Å². The maximum absolute atomic E-state index is 5.90. The van der Waals surface area contributed by atoms with Crippen molar-refractivity contribution in [3.8, 4) is 18.4 Å². The fourth-order valence-corrected chi connectivity index (χ4v) is 1.01. The van der Waals surface area contributed by atoms with Gasteiger partial charge in [-0.05, 0) is 13.8 Å². The molecule has 0 aromatic carbocycles. The van der Waals surface area contributed by atoms with Crippen LogP contribution in [0.15, 0.2) is 6.20 Å². The van der Waals surface area contributed by atoms with Crippen LogP contribution in [0.25, 0.3) is 0 Å². The summed E-state index contributed by atoms with van der Waals surface area (Å²) in [5.41, 5.74) is -0.525. The van der Waals surface area contributed by atoms with Crippen molar-refractivity contribution in [3.05, 3.63) is 11.2 Å². The zero-order valence-electron chi connectivity index (χ0n) is 8.84. The summed E-state index contributed by atoms with van der Waals surface area (Å²) in [4.78, 5) is 7.91. The van der Waals surface area contributed by atoms with Gasteiger partial charge in [0.05, 0.1) is 18.8 Å². The molecule has 0 fully saturated rings. The predicted molar refractivity (Wildman–Crippen MR) is 60.1 cm³/mol. The Labute approximate surface area is 94.0 Å². The third kappa shape index (κ3) is 3.00. The summed E-state index contributed by atoms with van der Waals surface area (Å²) in [7, 11) is 1.49. The fourth-order valence-electron chi connectivity index (χ4n) is 0.869. The van der Waals surface area contributed by atoms with E-state index < -0.39 is 5.54 Å². The fraction of sp³-hybridized carbons (Fsp3) is 0.400. The van der Waals surface area contributed by atoms with Crippen molar-refractivity contribution < 1.29 is 4.74 Å². The van der Waals surface area contributed by atoms with Crippen LogP contribution in [0.3, 0.4) is 0 Å². The van der Waals surface area contributed by atoms with E-state index in [4.69, 9.17) is 22.8 Å². The molecule has 0 amide bonds. The molecule has 4 nitrogen and oxygen atoms in total. The third-order valence-corrected chi connectivity index (χ3v) is 1.97. The van der Waals surface area contributed by atoms with Crippen LogP contribution in [-0.2, 0) is 0 Å². The Morgan fingerprint density at radius 3 is 2.80 bits per heavy atom. The number of rotatable bonds is 3. The van der Waals surface area contributed by atoms with Gasteiger partial charge in [0.25, 0.3) is 0 Å². The highest BCUT2D eigenvalue weighted by Crippen LogP contribution is 2.23. The molecule has 0 saturated carbocycles. The van der Waals surface area contributed by atoms with Crippen LogP contribution >= 0.6 is 11.6 Å². The van der Waals surface area contributed by atoms with E-state index in [-0.39, 0.29) is 6.01 Å². The van der Waals surface area contributed by atoms with Gasteiger partial charge < -0.3 is 10.1 Å². The Morgan fingerprint density at radius 2 is 2.27 bits per heavy atom. The third-order valence-electron chi connectivity index (χ3n) is 1.70. The number of hydrogen-bond acceptors (Lipinski definition) is 4. The second-order valence-corrected chi connectivity index (χ2v) is 3.85. The first-order valence-corrected chi connectivity index (χ1v) is 4.69. The molecule has 1 aromatic heterocycles. The van der Waals surface area contributed by atoms with Gasteiger partial charge in [-0.1, -0.05) is 17.5 Å². The zero-order chi connectivity index (χ0) is 11.5. The summed E-state index contributed by atoms with van der Waals surface area (Å²) in [6.07, 6.45) is 6.81. The summed E-state index contributed by atoms with van der Waals surface area (Å²) in [6.45, 7) is 3.69. The number of nitrogens with zero attached hydrogens (tertiary/aromatic N) is 2. The Hall–Kier alpha value is -1.47. The average Bonchev–Trinajstić information content (AvgIpc) is 2.21. The summed E-state index contributed by atoms with van der Waals surface area (Å²) < 4.78 is 4.89. The molecule has 1 rings (SSSR count). The molecule has 0 spiro atoms. The molecule has 0 radical (unpaired) electrons. The van der Waals surface area contributed by atoms with Crippen molar-refractivity contribution in [2.24, 2.45) is 0 Å². The second-order valence-electron chi connectivity index (χ2n) is 3.45. The molecular formula is C10H12ClN3O. The lowest BCUT2D eigenvalue weighted by atomic mass is 10.1. The van der Waals surface area contributed by atoms with Gasteiger partial charge in [-0.2, -0.15) is 4.98 Å². The first-order chi connectivity index (χ1) is 6.98. The van der Waals surface area contributed by atoms with Gasteiger partial charge in [0.15, 0.2) is 5.82 Å². The lowest BCUT2D eigenvalue weighted by Crippen LogP contribution is -2.29. The number of anilines is 1. The van der Waals surface area contributed by atoms with Gasteiger partial charge in [-0.15, -0.1) is 6.42 Å². The van der Waals surface area contributed by atoms with Crippen molar-refractivity contribution in [1.29, 1.82) is 0 Å². The number of nitrogens with one attached hydrogen (secondary N) is 1. The number of terminal acetylenes is 1. The van der Waals surface area contributed by atoms with E-state index in [9.17, 15) is 0 Å². The van der Waals surface area contributed by atoms with Crippen molar-refractivity contribution >= 4 is 17.4 Å². The molecule has 80 valence electrons. The minimum absolute atomic E-state index is 0.245. The second kappa shape index (κ2) is 4.37. The minimum atomic E-state index is -0.525. The SMILES string of the molecule is C#CC(C)(C)Nc1nc(OC)ncc1Cl. The summed E-state index contributed by atoms with van der Waals surface area (Å²) in [6, 6.07) is 0.245. The Balaban J connectivity index is 2.99. The van der Waals surface area contributed by atoms with E-state index in [1.165, 1.54) is 13.3 Å². The van der Waals surface area contributed by atoms with E-state index in [0.29, 0.717) is 10.8 Å². The maximum Gasteiger partial charge on any atom is 0.318 e. The van der Waals surface area contributed by atoms with Crippen molar-refractivity contribution in [3.63, 3.8) is 0 Å². The Kier molecular flexibility index (Phi) is 3.38. The van der Waals surface area contributed by atoms with Crippen LogP contribution in [0.5, 0.6) is 6.01 Å². The lowest BCUT2D eigenvalue weighted by Gasteiger charge is -2.20. The molecule has 0 saturated heterocycles. The minimum Gasteiger partial charge on any atom is -0.467 e. The van der Waals surface area contributed by atoms with Crippen LogP contribution in [0, 0.1) is 12.3 Å². The van der Waals surface area contributed by atoms with Gasteiger partial charge in [0, 0.05) is 0 Å². The molecular weight excluding hydrogens is 214 g/mol. The van der Waals surface area contributed by atoms with Crippen LogP contribution in [0.4, 0.5) is 5.82 Å². The van der Waals surface area contributed by atoms with Crippen LogP contribution in [0.1, 0.15) is 13.8 Å². The van der Waals surface area contributed by atoms with E-state index in [0.717, 1.165) is 0 Å². The van der Waals surface area contributed by atoms with Gasteiger partial charge >= 0.3 is 6.01 Å². The number of halogens is 1. The summed E-state index contributed by atoms with van der Waals surface area (Å²) in [5, 5.41) is 3.41. The number of hydrogen-bond donors (Lipinski definition) is 1. The summed E-state index contributed by atoms with van der Waals surface area (Å²) >= 11 is 5.90. The molecule has 1 aromatic rings. The molecule has 15 heavy (non-hydrogen) atoms. The van der Waals surface area contributed by atoms with E-state index >= 15 is 0 Å². The highest BCUT2D eigenvalue weighted by atomic mass is 35.5. The van der Waals surface area contributed by atoms with Gasteiger partial charge in [-0.25, -0.2) is 4.98 Å². The monoisotopic (exact) mass is 225 g/mol. The zero-order valence-corrected chi connectivity index (χ0v) is 9.59. The topological polar surface area (TPSA) is 47.0 Å². The normalized spacial score (nSPS) is 10.6. The van der Waals surface area contributed by atoms with Gasteiger partial charge in [0.2, 0.25) is 0 Å². The molecule has 0 aliphatic heterocycles. The van der Waals surface area contributed by atoms with Crippen molar-refractivity contribution in [2.45, 2.75) is 19.4 Å². The molecule has 5 heteroatoms. The van der Waals surface area contributed by atoms with Gasteiger partial charge in [-0.3, -0.25) is 0 Å². The quantitative estimate of drug-likeness (QED) is 0.799. The van der Waals surface area contributed by atoms with E-state index in [1.54, 1.807) is 0 Å². The smallest absolute Gasteiger partial charge is 0.318 e. The van der Waals surface area contributed by atoms with Crippen LogP contribution < -0.4 is 10.1 Å². The predicted octanol–water partition coefficient (Wildman–Crippen LogP) is 1.96. The van der Waals surface area contributed by atoms with Crippen LogP contribution in [-0.4, -0.2) is 22.6 Å². The molecule has 1 heterocycles. The number of methoxy groups -OCH3 is 1. The first-order valence-electron chi connectivity index (χ1n) is 4.31. The molecule has 0 aliphatic rings. The highest BCUT2D eigenvalue weighted by Gasteiger charge is 2.16. The molecule has 0 aliphatic carbocycles. The largest absolute Gasteiger partial charge is 0.467 e. The molecule has 1 N–H and O–H groups in total. The standard InChI is InChI=1S/C10H12ClN3O/c1-5-10(2,3)14-8-7(11)6-12-9(13-8)15-4/h1,6H,2-4H3,(H,12,13,14). The number of ether oxygens (including phenoxy) is 1. The average molecular weight is 226 g/mol.